The summed E-state index contributed by atoms with van der Waals surface area (Å²) in [5.41, 5.74) is 1.42. The second kappa shape index (κ2) is 5.58. The molecule has 1 aromatic carbocycles. The summed E-state index contributed by atoms with van der Waals surface area (Å²) in [5.74, 6) is 0.382. The molecular weight excluding hydrogens is 266 g/mol. The van der Waals surface area contributed by atoms with Crippen molar-refractivity contribution in [3.05, 3.63) is 65.6 Å². The number of aliphatic hydroxyl groups is 1. The molecule has 0 atom stereocenters. The second-order valence-electron chi connectivity index (χ2n) is 5.41. The van der Waals surface area contributed by atoms with Gasteiger partial charge in [-0.05, 0) is 29.3 Å². The molecule has 0 aliphatic heterocycles. The molecule has 0 bridgehead atoms. The first-order valence-electron chi connectivity index (χ1n) is 6.93. The fourth-order valence-corrected chi connectivity index (χ4v) is 2.65. The van der Waals surface area contributed by atoms with Gasteiger partial charge in [0.25, 0.3) is 0 Å². The molecule has 1 aliphatic carbocycles. The van der Waals surface area contributed by atoms with Crippen molar-refractivity contribution in [3.63, 3.8) is 0 Å². The zero-order valence-electron chi connectivity index (χ0n) is 11.6. The smallest absolute Gasteiger partial charge is 0.244 e. The standard InChI is InChI=1S/C17H17NO3/c19-16(8-7-15-6-3-9-21-15)18-12-17(20)10-13-4-1-2-5-14(13)11-17/h1-9,20H,10-12H2,(H,18,19)/b8-7+. The van der Waals surface area contributed by atoms with E-state index in [1.165, 1.54) is 6.08 Å². The summed E-state index contributed by atoms with van der Waals surface area (Å²) in [6.45, 7) is 0.239. The maximum absolute atomic E-state index is 11.8. The van der Waals surface area contributed by atoms with E-state index in [1.807, 2.05) is 24.3 Å². The highest BCUT2D eigenvalue weighted by Crippen LogP contribution is 2.29. The van der Waals surface area contributed by atoms with Crippen LogP contribution in [0.25, 0.3) is 6.08 Å². The SMILES string of the molecule is O=C(/C=C/c1ccco1)NCC1(O)Cc2ccccc2C1. The molecule has 2 aromatic rings. The number of hydrogen-bond acceptors (Lipinski definition) is 3. The molecule has 0 fully saturated rings. The summed E-state index contributed by atoms with van der Waals surface area (Å²) in [6, 6.07) is 11.5. The van der Waals surface area contributed by atoms with Crippen LogP contribution in [0, 0.1) is 0 Å². The number of amides is 1. The Labute approximate surface area is 123 Å². The van der Waals surface area contributed by atoms with E-state index >= 15 is 0 Å². The lowest BCUT2D eigenvalue weighted by Gasteiger charge is -2.22. The normalized spacial score (nSPS) is 16.0. The fourth-order valence-electron chi connectivity index (χ4n) is 2.65. The molecule has 21 heavy (non-hydrogen) atoms. The Hall–Kier alpha value is -2.33. The summed E-state index contributed by atoms with van der Waals surface area (Å²) in [6.07, 6.45) is 5.71. The summed E-state index contributed by atoms with van der Waals surface area (Å²) in [5, 5.41) is 13.3. The van der Waals surface area contributed by atoms with Crippen LogP contribution in [0.2, 0.25) is 0 Å². The Morgan fingerprint density at radius 2 is 1.95 bits per heavy atom. The third-order valence-electron chi connectivity index (χ3n) is 3.69. The molecule has 0 spiro atoms. The maximum atomic E-state index is 11.8. The Morgan fingerprint density at radius 1 is 1.24 bits per heavy atom. The van der Waals surface area contributed by atoms with Gasteiger partial charge in [0.15, 0.2) is 0 Å². The quantitative estimate of drug-likeness (QED) is 0.843. The number of carbonyl (C=O) groups excluding carboxylic acids is 1. The van der Waals surface area contributed by atoms with Crippen molar-refractivity contribution in [2.45, 2.75) is 18.4 Å². The molecule has 0 unspecified atom stereocenters. The van der Waals surface area contributed by atoms with Crippen LogP contribution >= 0.6 is 0 Å². The van der Waals surface area contributed by atoms with Crippen LogP contribution < -0.4 is 5.32 Å². The number of rotatable bonds is 4. The van der Waals surface area contributed by atoms with Crippen molar-refractivity contribution >= 4 is 12.0 Å². The van der Waals surface area contributed by atoms with Crippen molar-refractivity contribution in [1.82, 2.24) is 5.32 Å². The second-order valence-corrected chi connectivity index (χ2v) is 5.41. The lowest BCUT2D eigenvalue weighted by molar-refractivity contribution is -0.117. The van der Waals surface area contributed by atoms with Gasteiger partial charge in [-0.1, -0.05) is 24.3 Å². The van der Waals surface area contributed by atoms with Crippen LogP contribution in [0.3, 0.4) is 0 Å². The molecular formula is C17H17NO3. The van der Waals surface area contributed by atoms with Crippen molar-refractivity contribution in [2.75, 3.05) is 6.54 Å². The summed E-state index contributed by atoms with van der Waals surface area (Å²) < 4.78 is 5.11. The fraction of sp³-hybridized carbons (Fsp3) is 0.235. The Bertz CT molecular complexity index is 633. The molecule has 3 rings (SSSR count). The first kappa shape index (κ1) is 13.6. The predicted molar refractivity (Wildman–Crippen MR) is 79.6 cm³/mol. The number of nitrogens with one attached hydrogen (secondary N) is 1. The minimum Gasteiger partial charge on any atom is -0.465 e. The first-order chi connectivity index (χ1) is 10.1. The van der Waals surface area contributed by atoms with Gasteiger partial charge in [-0.3, -0.25) is 4.79 Å². The van der Waals surface area contributed by atoms with Gasteiger partial charge >= 0.3 is 0 Å². The van der Waals surface area contributed by atoms with Crippen LogP contribution in [0.15, 0.2) is 53.2 Å². The van der Waals surface area contributed by atoms with Gasteiger partial charge in [-0.2, -0.15) is 0 Å². The maximum Gasteiger partial charge on any atom is 0.244 e. The van der Waals surface area contributed by atoms with Gasteiger partial charge in [0.05, 0.1) is 11.9 Å². The van der Waals surface area contributed by atoms with Crippen LogP contribution in [0.5, 0.6) is 0 Å². The molecule has 0 saturated carbocycles. The van der Waals surface area contributed by atoms with Crippen LogP contribution in [-0.2, 0) is 17.6 Å². The lowest BCUT2D eigenvalue weighted by atomic mass is 10.0. The van der Waals surface area contributed by atoms with Crippen molar-refractivity contribution < 1.29 is 14.3 Å². The Morgan fingerprint density at radius 3 is 2.57 bits per heavy atom. The van der Waals surface area contributed by atoms with E-state index in [9.17, 15) is 9.90 Å². The molecule has 108 valence electrons. The molecule has 2 N–H and O–H groups in total. The number of carbonyl (C=O) groups is 1. The summed E-state index contributed by atoms with van der Waals surface area (Å²) >= 11 is 0. The number of hydrogen-bond donors (Lipinski definition) is 2. The average Bonchev–Trinajstić information content (AvgIpc) is 3.09. The van der Waals surface area contributed by atoms with Gasteiger partial charge < -0.3 is 14.8 Å². The minimum absolute atomic E-state index is 0.239. The van der Waals surface area contributed by atoms with E-state index in [2.05, 4.69) is 5.32 Å². The molecule has 0 radical (unpaired) electrons. The van der Waals surface area contributed by atoms with Gasteiger partial charge in [-0.25, -0.2) is 0 Å². The first-order valence-corrected chi connectivity index (χ1v) is 6.93. The molecule has 4 heteroatoms. The van der Waals surface area contributed by atoms with Crippen LogP contribution in [-0.4, -0.2) is 23.2 Å². The molecule has 1 heterocycles. The van der Waals surface area contributed by atoms with E-state index in [1.54, 1.807) is 24.5 Å². The monoisotopic (exact) mass is 283 g/mol. The Kier molecular flexibility index (Phi) is 3.62. The topological polar surface area (TPSA) is 62.5 Å². The molecule has 0 saturated heterocycles. The van der Waals surface area contributed by atoms with E-state index < -0.39 is 5.60 Å². The molecule has 1 aliphatic rings. The summed E-state index contributed by atoms with van der Waals surface area (Å²) in [7, 11) is 0. The van der Waals surface area contributed by atoms with Gasteiger partial charge in [0, 0.05) is 25.5 Å². The Balaban J connectivity index is 1.55. The number of benzene rings is 1. The average molecular weight is 283 g/mol. The zero-order chi connectivity index (χ0) is 14.7. The largest absolute Gasteiger partial charge is 0.465 e. The third-order valence-corrected chi connectivity index (χ3v) is 3.69. The highest BCUT2D eigenvalue weighted by atomic mass is 16.3. The molecule has 1 amide bonds. The highest BCUT2D eigenvalue weighted by Gasteiger charge is 2.34. The minimum atomic E-state index is -0.891. The molecule has 4 nitrogen and oxygen atoms in total. The van der Waals surface area contributed by atoms with Gasteiger partial charge in [0.2, 0.25) is 5.91 Å². The van der Waals surface area contributed by atoms with E-state index in [-0.39, 0.29) is 12.5 Å². The van der Waals surface area contributed by atoms with E-state index in [4.69, 9.17) is 4.42 Å². The van der Waals surface area contributed by atoms with Crippen LogP contribution in [0.4, 0.5) is 0 Å². The number of fused-ring (bicyclic) bond motifs is 1. The highest BCUT2D eigenvalue weighted by molar-refractivity contribution is 5.91. The summed E-state index contributed by atoms with van der Waals surface area (Å²) in [4.78, 5) is 11.8. The predicted octanol–water partition coefficient (Wildman–Crippen LogP) is 1.94. The number of furan rings is 1. The zero-order valence-corrected chi connectivity index (χ0v) is 11.6. The van der Waals surface area contributed by atoms with Crippen molar-refractivity contribution in [3.8, 4) is 0 Å². The third kappa shape index (κ3) is 3.23. The van der Waals surface area contributed by atoms with E-state index in [0.29, 0.717) is 18.6 Å². The molecule has 1 aromatic heterocycles. The van der Waals surface area contributed by atoms with Crippen LogP contribution in [0.1, 0.15) is 16.9 Å². The van der Waals surface area contributed by atoms with Gasteiger partial charge in [0.1, 0.15) is 5.76 Å². The van der Waals surface area contributed by atoms with Crippen molar-refractivity contribution in [2.24, 2.45) is 0 Å². The van der Waals surface area contributed by atoms with E-state index in [0.717, 1.165) is 11.1 Å². The lowest BCUT2D eigenvalue weighted by Crippen LogP contribution is -2.43. The van der Waals surface area contributed by atoms with Crippen molar-refractivity contribution in [1.29, 1.82) is 0 Å². The van der Waals surface area contributed by atoms with Gasteiger partial charge in [-0.15, -0.1) is 0 Å².